The molecule has 0 fully saturated rings. The number of amides is 1. The third kappa shape index (κ3) is 3.24. The fourth-order valence-electron chi connectivity index (χ4n) is 1.23. The number of hydrogen-bond donors (Lipinski definition) is 2. The molecule has 84 valence electrons. The highest BCUT2D eigenvalue weighted by Crippen LogP contribution is 2.12. The van der Waals surface area contributed by atoms with Gasteiger partial charge in [-0.25, -0.2) is 4.39 Å². The third-order valence-electron chi connectivity index (χ3n) is 2.02. The Balaban J connectivity index is 2.77. The van der Waals surface area contributed by atoms with Crippen molar-refractivity contribution in [2.75, 3.05) is 0 Å². The molecule has 0 aromatic heterocycles. The molecule has 1 rings (SSSR count). The largest absolute Gasteiger partial charge is 0.394 e. The van der Waals surface area contributed by atoms with Crippen molar-refractivity contribution in [3.8, 4) is 0 Å². The average molecular weight is 220 g/mol. The van der Waals surface area contributed by atoms with Crippen molar-refractivity contribution >= 4 is 5.91 Å². The van der Waals surface area contributed by atoms with Gasteiger partial charge in [-0.1, -0.05) is 24.8 Å². The van der Waals surface area contributed by atoms with E-state index in [0.717, 1.165) is 0 Å². The maximum absolute atomic E-state index is 13.3. The molecule has 0 unspecified atom stereocenters. The van der Waals surface area contributed by atoms with E-state index in [1.165, 1.54) is 12.1 Å². The molecular formula is C12H13FN2O. The second-order valence-electron chi connectivity index (χ2n) is 3.39. The average Bonchev–Trinajstić information content (AvgIpc) is 2.21. The number of halogens is 1. The molecular weight excluding hydrogens is 207 g/mol. The van der Waals surface area contributed by atoms with Crippen LogP contribution in [0.15, 0.2) is 48.2 Å². The Morgan fingerprint density at radius 2 is 2.00 bits per heavy atom. The minimum absolute atomic E-state index is 0.0821. The fraction of sp³-hybridized carbons (Fsp3) is 0.0833. The normalized spacial score (nSPS) is 11.2. The van der Waals surface area contributed by atoms with Gasteiger partial charge >= 0.3 is 0 Å². The van der Waals surface area contributed by atoms with Crippen molar-refractivity contribution in [2.24, 2.45) is 11.5 Å². The maximum atomic E-state index is 13.3. The van der Waals surface area contributed by atoms with Gasteiger partial charge < -0.3 is 11.5 Å². The minimum atomic E-state index is -0.713. The summed E-state index contributed by atoms with van der Waals surface area (Å²) < 4.78 is 13.3. The maximum Gasteiger partial charge on any atom is 0.264 e. The summed E-state index contributed by atoms with van der Waals surface area (Å²) in [6, 6.07) is 6.35. The molecule has 0 spiro atoms. The first-order chi connectivity index (χ1) is 7.50. The first kappa shape index (κ1) is 12.0. The summed E-state index contributed by atoms with van der Waals surface area (Å²) in [5, 5.41) is 0. The first-order valence-corrected chi connectivity index (χ1v) is 4.69. The van der Waals surface area contributed by atoms with Gasteiger partial charge in [0.2, 0.25) is 0 Å². The van der Waals surface area contributed by atoms with Crippen LogP contribution in [-0.4, -0.2) is 5.91 Å². The summed E-state index contributed by atoms with van der Waals surface area (Å²) >= 11 is 0. The van der Waals surface area contributed by atoms with Gasteiger partial charge in [-0.3, -0.25) is 4.79 Å². The summed E-state index contributed by atoms with van der Waals surface area (Å²) in [5.74, 6) is -1.02. The molecule has 4 N–H and O–H groups in total. The molecule has 0 aliphatic carbocycles. The molecule has 0 atom stereocenters. The summed E-state index contributed by atoms with van der Waals surface area (Å²) in [6.07, 6.45) is 1.65. The number of nitrogens with two attached hydrogens (primary N) is 2. The molecule has 0 bridgehead atoms. The number of carbonyl (C=O) groups is 1. The predicted molar refractivity (Wildman–Crippen MR) is 60.7 cm³/mol. The first-order valence-electron chi connectivity index (χ1n) is 4.69. The van der Waals surface area contributed by atoms with Crippen LogP contribution in [0.1, 0.15) is 5.56 Å². The Labute approximate surface area is 93.2 Å². The molecule has 16 heavy (non-hydrogen) atoms. The zero-order chi connectivity index (χ0) is 12.1. The van der Waals surface area contributed by atoms with Crippen LogP contribution in [-0.2, 0) is 11.2 Å². The van der Waals surface area contributed by atoms with Crippen LogP contribution < -0.4 is 11.5 Å². The molecule has 0 saturated carbocycles. The van der Waals surface area contributed by atoms with Crippen molar-refractivity contribution in [1.29, 1.82) is 0 Å². The van der Waals surface area contributed by atoms with Crippen molar-refractivity contribution in [3.05, 3.63) is 59.6 Å². The molecule has 0 radical (unpaired) electrons. The molecule has 1 aromatic carbocycles. The van der Waals surface area contributed by atoms with Gasteiger partial charge in [-0.05, 0) is 29.7 Å². The van der Waals surface area contributed by atoms with Gasteiger partial charge in [-0.2, -0.15) is 0 Å². The van der Waals surface area contributed by atoms with E-state index in [1.54, 1.807) is 18.2 Å². The van der Waals surface area contributed by atoms with Crippen molar-refractivity contribution < 1.29 is 9.18 Å². The fourth-order valence-corrected chi connectivity index (χ4v) is 1.23. The van der Waals surface area contributed by atoms with Gasteiger partial charge in [0.1, 0.15) is 5.82 Å². The number of primary amides is 1. The molecule has 0 aliphatic rings. The van der Waals surface area contributed by atoms with E-state index >= 15 is 0 Å². The Kier molecular flexibility index (Phi) is 3.83. The standard InChI is InChI=1S/C12H13FN2O/c1-8(7-11(14)12(15)16)6-9-4-2-3-5-10(9)13/h2-5,7H,1,6,14H2,(H2,15,16)/b11-7-. The highest BCUT2D eigenvalue weighted by Gasteiger charge is 2.03. The van der Waals surface area contributed by atoms with Crippen LogP contribution in [0.5, 0.6) is 0 Å². The Hall–Kier alpha value is -2.10. The van der Waals surface area contributed by atoms with E-state index in [2.05, 4.69) is 6.58 Å². The smallest absolute Gasteiger partial charge is 0.264 e. The molecule has 1 aromatic rings. The number of allylic oxidation sites excluding steroid dienone is 2. The van der Waals surface area contributed by atoms with Crippen molar-refractivity contribution in [2.45, 2.75) is 6.42 Å². The highest BCUT2D eigenvalue weighted by molar-refractivity contribution is 5.91. The Morgan fingerprint density at radius 1 is 1.38 bits per heavy atom. The van der Waals surface area contributed by atoms with Crippen LogP contribution in [0.3, 0.4) is 0 Å². The van der Waals surface area contributed by atoms with Gasteiger partial charge in [0, 0.05) is 0 Å². The topological polar surface area (TPSA) is 69.1 Å². The van der Waals surface area contributed by atoms with Crippen molar-refractivity contribution in [1.82, 2.24) is 0 Å². The van der Waals surface area contributed by atoms with E-state index in [1.807, 2.05) is 0 Å². The molecule has 0 saturated heterocycles. The lowest BCUT2D eigenvalue weighted by Crippen LogP contribution is -2.20. The van der Waals surface area contributed by atoms with Gasteiger partial charge in [0.15, 0.2) is 0 Å². The number of rotatable bonds is 4. The number of carbonyl (C=O) groups excluding carboxylic acids is 1. The van der Waals surface area contributed by atoms with E-state index in [4.69, 9.17) is 11.5 Å². The van der Waals surface area contributed by atoms with Gasteiger partial charge in [0.25, 0.3) is 5.91 Å². The lowest BCUT2D eigenvalue weighted by atomic mass is 10.1. The van der Waals surface area contributed by atoms with E-state index in [-0.39, 0.29) is 11.5 Å². The molecule has 3 nitrogen and oxygen atoms in total. The molecule has 1 amide bonds. The third-order valence-corrected chi connectivity index (χ3v) is 2.02. The molecule has 0 aliphatic heterocycles. The van der Waals surface area contributed by atoms with E-state index in [9.17, 15) is 9.18 Å². The summed E-state index contributed by atoms with van der Waals surface area (Å²) in [4.78, 5) is 10.7. The van der Waals surface area contributed by atoms with Crippen molar-refractivity contribution in [3.63, 3.8) is 0 Å². The SMILES string of the molecule is C=C(/C=C(\N)C(N)=O)Cc1ccccc1F. The van der Waals surface area contributed by atoms with Crippen LogP contribution >= 0.6 is 0 Å². The second-order valence-corrected chi connectivity index (χ2v) is 3.39. The summed E-state index contributed by atoms with van der Waals surface area (Å²) in [5.41, 5.74) is 11.2. The minimum Gasteiger partial charge on any atom is -0.394 e. The Bertz CT molecular complexity index is 452. The van der Waals surface area contributed by atoms with Gasteiger partial charge in [-0.15, -0.1) is 0 Å². The second kappa shape index (κ2) is 5.11. The zero-order valence-corrected chi connectivity index (χ0v) is 8.74. The van der Waals surface area contributed by atoms with Crippen LogP contribution in [0.25, 0.3) is 0 Å². The lowest BCUT2D eigenvalue weighted by molar-refractivity contribution is -0.114. The lowest BCUT2D eigenvalue weighted by Gasteiger charge is -2.03. The van der Waals surface area contributed by atoms with E-state index < -0.39 is 5.91 Å². The molecule has 4 heteroatoms. The van der Waals surface area contributed by atoms with Crippen LogP contribution in [0.2, 0.25) is 0 Å². The highest BCUT2D eigenvalue weighted by atomic mass is 19.1. The summed E-state index contributed by atoms with van der Waals surface area (Å²) in [6.45, 7) is 3.68. The predicted octanol–water partition coefficient (Wildman–Crippen LogP) is 1.25. The Morgan fingerprint density at radius 3 is 2.56 bits per heavy atom. The van der Waals surface area contributed by atoms with Gasteiger partial charge in [0.05, 0.1) is 5.70 Å². The zero-order valence-electron chi connectivity index (χ0n) is 8.74. The van der Waals surface area contributed by atoms with E-state index in [0.29, 0.717) is 17.6 Å². The monoisotopic (exact) mass is 220 g/mol. The molecule has 0 heterocycles. The van der Waals surface area contributed by atoms with Crippen LogP contribution in [0.4, 0.5) is 4.39 Å². The number of hydrogen-bond acceptors (Lipinski definition) is 2. The van der Waals surface area contributed by atoms with Crippen LogP contribution in [0, 0.1) is 5.82 Å². The quantitative estimate of drug-likeness (QED) is 0.592. The number of benzene rings is 1. The summed E-state index contributed by atoms with van der Waals surface area (Å²) in [7, 11) is 0.